The highest BCUT2D eigenvalue weighted by molar-refractivity contribution is 7.54. The molecule has 0 saturated heterocycles. The lowest BCUT2D eigenvalue weighted by atomic mass is 10.1. The number of halogens is 1. The molecule has 0 aromatic carbocycles. The molecule has 0 N–H and O–H groups in total. The summed E-state index contributed by atoms with van der Waals surface area (Å²) < 4.78 is 213. The Balaban J connectivity index is 0.000000349. The highest BCUT2D eigenvalue weighted by Gasteiger charge is 2.35. The Morgan fingerprint density at radius 2 is 0.584 bits per heavy atom. The van der Waals surface area contributed by atoms with E-state index >= 15 is 0 Å². The zero-order chi connectivity index (χ0) is 110. The second-order valence-electron chi connectivity index (χ2n) is 34.2. The van der Waals surface area contributed by atoms with Crippen LogP contribution in [0, 0.1) is 27.7 Å². The zero-order valence-electron chi connectivity index (χ0n) is 87.9. The van der Waals surface area contributed by atoms with Gasteiger partial charge in [0.25, 0.3) is 0 Å². The molecule has 0 aliphatic heterocycles. The minimum Gasteiger partial charge on any atom is -0.432 e. The molecule has 0 aliphatic carbocycles. The number of hydrogen-bond donors (Lipinski definition) is 0. The number of aromatic nitrogens is 16. The van der Waals surface area contributed by atoms with Crippen molar-refractivity contribution in [1.29, 1.82) is 0 Å². The summed E-state index contributed by atoms with van der Waals surface area (Å²) in [5.74, 6) is 2.22. The molecule has 0 spiro atoms. The second-order valence-corrected chi connectivity index (χ2v) is 42.2. The van der Waals surface area contributed by atoms with E-state index in [1.807, 2.05) is 20.8 Å². The molecule has 8 aromatic rings. The fourth-order valence-corrected chi connectivity index (χ4v) is 15.9. The molecule has 0 radical (unpaired) electrons. The van der Waals surface area contributed by atoms with Crippen molar-refractivity contribution < 1.29 is 192 Å². The fraction of sp³-hybridized carbons (Fsp3) is 0.682. The van der Waals surface area contributed by atoms with Crippen LogP contribution >= 0.6 is 30.4 Å². The summed E-state index contributed by atoms with van der Waals surface area (Å²) >= 11 is 0. The number of ether oxygens (including phenoxy) is 20. The van der Waals surface area contributed by atoms with Gasteiger partial charge in [0.15, 0.2) is 16.9 Å². The number of alkyl halides is 1. The van der Waals surface area contributed by atoms with Crippen molar-refractivity contribution >= 4 is 102 Å². The quantitative estimate of drug-likeness (QED) is 0.0148. The molecule has 0 aliphatic rings. The summed E-state index contributed by atoms with van der Waals surface area (Å²) in [6.07, 6.45) is 4.74. The lowest BCUT2D eigenvalue weighted by Gasteiger charge is -2.21. The first-order valence-electron chi connectivity index (χ1n) is 47.3. The maximum Gasteiger partial charge on any atom is 0.510 e. The van der Waals surface area contributed by atoms with Crippen LogP contribution in [0.15, 0.2) is 50.1 Å². The van der Waals surface area contributed by atoms with E-state index in [1.54, 1.807) is 181 Å². The molecule has 4 atom stereocenters. The summed E-state index contributed by atoms with van der Waals surface area (Å²) in [4.78, 5) is 126. The molecule has 8 rings (SSSR count). The molecule has 8 aromatic heterocycles. The number of rotatable bonds is 61. The third kappa shape index (κ3) is 51.9. The van der Waals surface area contributed by atoms with Crippen molar-refractivity contribution in [3.63, 3.8) is 0 Å². The second kappa shape index (κ2) is 67.1. The van der Waals surface area contributed by atoms with E-state index in [-0.39, 0.29) is 24.7 Å². The van der Waals surface area contributed by atoms with Crippen LogP contribution in [0.25, 0.3) is 22.5 Å². The summed E-state index contributed by atoms with van der Waals surface area (Å²) in [7, 11) is -16.1. The molecular formula is C88H139FN16O40P4. The van der Waals surface area contributed by atoms with Crippen LogP contribution in [0.2, 0.25) is 0 Å². The zero-order valence-corrected chi connectivity index (χ0v) is 91.5. The van der Waals surface area contributed by atoms with E-state index in [4.69, 9.17) is 131 Å². The summed E-state index contributed by atoms with van der Waals surface area (Å²) in [5.41, 5.74) is 7.36. The molecule has 0 amide bonds. The van der Waals surface area contributed by atoms with Crippen LogP contribution in [-0.4, -0.2) is 287 Å². The predicted octanol–water partition coefficient (Wildman–Crippen LogP) is 17.5. The molecule has 0 saturated carbocycles. The first-order valence-corrected chi connectivity index (χ1v) is 54.2. The van der Waals surface area contributed by atoms with Gasteiger partial charge in [-0.2, -0.15) is 20.4 Å². The average Bonchev–Trinajstić information content (AvgIpc) is 1.69. The summed E-state index contributed by atoms with van der Waals surface area (Å²) in [6, 6.07) is 0. The molecule has 838 valence electrons. The molecule has 149 heavy (non-hydrogen) atoms. The third-order valence-electron chi connectivity index (χ3n) is 18.6. The minimum atomic E-state index is -4.17. The van der Waals surface area contributed by atoms with E-state index in [9.17, 15) is 61.0 Å². The van der Waals surface area contributed by atoms with Crippen LogP contribution in [0.5, 0.6) is 0 Å². The molecule has 8 heterocycles. The van der Waals surface area contributed by atoms with E-state index in [0.717, 1.165) is 63.9 Å². The van der Waals surface area contributed by atoms with E-state index in [2.05, 4.69) is 60.3 Å². The van der Waals surface area contributed by atoms with Crippen LogP contribution < -0.4 is 0 Å². The number of carbonyl (C=O) groups is 8. The Morgan fingerprint density at radius 1 is 0.295 bits per heavy atom. The van der Waals surface area contributed by atoms with Gasteiger partial charge in [0, 0.05) is 17.5 Å². The lowest BCUT2D eigenvalue weighted by molar-refractivity contribution is -0.0399. The Hall–Kier alpha value is -11.3. The van der Waals surface area contributed by atoms with Crippen LogP contribution in [0.1, 0.15) is 229 Å². The Bertz CT molecular complexity index is 5080. The minimum absolute atomic E-state index is 0.270. The first kappa shape index (κ1) is 128. The van der Waals surface area contributed by atoms with Crippen molar-refractivity contribution in [2.75, 3.05) is 86.4 Å². The van der Waals surface area contributed by atoms with Gasteiger partial charge in [-0.25, -0.2) is 101 Å². The molecular weight excluding hydrogens is 2060 g/mol. The number of nitrogens with zero attached hydrogens (tertiary/aromatic N) is 16. The van der Waals surface area contributed by atoms with Gasteiger partial charge in [-0.05, 0) is 230 Å². The highest BCUT2D eigenvalue weighted by atomic mass is 31.2. The number of fused-ring (bicyclic) bond motifs is 4. The maximum atomic E-state index is 13.7. The van der Waals surface area contributed by atoms with Crippen LogP contribution in [-0.2, 0) is 175 Å². The van der Waals surface area contributed by atoms with Crippen LogP contribution in [0.3, 0.4) is 0 Å². The lowest BCUT2D eigenvalue weighted by Crippen LogP contribution is -2.20. The van der Waals surface area contributed by atoms with Gasteiger partial charge < -0.3 is 94.7 Å². The molecule has 4 unspecified atom stereocenters. The van der Waals surface area contributed by atoms with E-state index < -0.39 is 221 Å². The summed E-state index contributed by atoms with van der Waals surface area (Å²) in [6.45, 7) is 32.2. The van der Waals surface area contributed by atoms with Gasteiger partial charge in [-0.1, -0.05) is 0 Å². The van der Waals surface area contributed by atoms with Crippen molar-refractivity contribution in [2.45, 2.75) is 310 Å². The van der Waals surface area contributed by atoms with E-state index in [1.165, 1.54) is 25.3 Å². The largest absolute Gasteiger partial charge is 0.510 e. The monoisotopic (exact) mass is 2200 g/mol. The molecule has 61 heteroatoms. The number of hydrogen-bond acceptors (Lipinski definition) is 52. The van der Waals surface area contributed by atoms with Crippen molar-refractivity contribution in [3.8, 4) is 0 Å². The Morgan fingerprint density at radius 3 is 0.899 bits per heavy atom. The third-order valence-corrected chi connectivity index (χ3v) is 24.4. The standard InChI is InChI=1S/C22H34FN4O10P.3C22H35N4O10P/c1-15(2)36-21(28)31-12-34-38(30,35-13-32-22(29)37-16(3)4)14-33-19(9-23)8-6-7-18-10-26-27-17(5)24-11-25-20(18)27;1-15(2)35-21(27)30-12-33-37(29,34-13-31-22(28)36-16(3)4)14-32-17(5)8-7-9-20-23-10-19-18(6)24-11-25-26(19)20;1-15(2)35-21(27)30-12-33-37(29,34-13-31-22(28)36-16(3)4)14-32-17(5)8-7-9-19-10-25-26-18(6)23-11-24-20(19)26;1-15(2)35-21(27)30-12-33-37(29,34-13-31-22(28)36-16(3)4)14-32-17(5)8-7-9-19-10-23-20-18(6)24-11-25-26(19)20/h10-11,15-16,19H,6-9,12-14H2,1-5H3;3*10-11,15-17H,7-9,12-14H2,1-6H3. The Kier molecular flexibility index (Phi) is 57.7. The van der Waals surface area contributed by atoms with Crippen molar-refractivity contribution in [3.05, 3.63) is 95.8 Å². The number of aryl methyl sites for hydroxylation is 8. The van der Waals surface area contributed by atoms with Gasteiger partial charge in [0.2, 0.25) is 54.3 Å². The summed E-state index contributed by atoms with van der Waals surface area (Å²) in [5, 5.41) is 17.0. The normalized spacial score (nSPS) is 12.6. The maximum absolute atomic E-state index is 13.7. The van der Waals surface area contributed by atoms with E-state index in [0.29, 0.717) is 74.9 Å². The smallest absolute Gasteiger partial charge is 0.432 e. The molecule has 0 fully saturated rings. The first-order chi connectivity index (χ1) is 70.5. The van der Waals surface area contributed by atoms with Crippen molar-refractivity contribution in [2.24, 2.45) is 0 Å². The molecule has 56 nitrogen and oxygen atoms in total. The molecule has 0 bridgehead atoms. The SMILES string of the molecule is Cc1ncnc2c(CCCC(C)OCP(=O)(OCOC(=O)OC(C)C)OCOC(=O)OC(C)C)cnn12.Cc1ncnc2c(CCCC(CF)OCP(=O)(OCOC(=O)OC(C)C)OCOC(=O)OC(C)C)cnn12.Cc1ncnn2c(CCCC(C)OCP(=O)(OCOC(=O)OC(C)C)OCOC(=O)OC(C)C)cnc12.Cc1ncnn2c(CCCC(C)OCP(=O)(OCOC(=O)OC(C)C)OCOC(=O)OC(C)C)ncc12. The Labute approximate surface area is 860 Å². The fourth-order valence-electron chi connectivity index (χ4n) is 11.6. The van der Waals surface area contributed by atoms with Crippen molar-refractivity contribution in [1.82, 2.24) is 78.3 Å². The topological polar surface area (TPSA) is 636 Å². The van der Waals surface area contributed by atoms with Gasteiger partial charge >= 0.3 is 79.6 Å². The highest BCUT2D eigenvalue weighted by Crippen LogP contribution is 2.52. The van der Waals surface area contributed by atoms with Gasteiger partial charge in [-0.3, -0.25) is 54.5 Å². The average molecular weight is 2200 g/mol. The predicted molar refractivity (Wildman–Crippen MR) is 515 cm³/mol. The number of imidazole rings is 2. The van der Waals surface area contributed by atoms with Gasteiger partial charge in [0.1, 0.15) is 80.4 Å². The van der Waals surface area contributed by atoms with Crippen LogP contribution in [0.4, 0.5) is 42.7 Å². The van der Waals surface area contributed by atoms with Gasteiger partial charge in [-0.15, -0.1) is 0 Å². The van der Waals surface area contributed by atoms with Gasteiger partial charge in [0.05, 0.1) is 115 Å². The number of carbonyl (C=O) groups excluding carboxylic acids is 8.